The molecule has 6 nitrogen and oxygen atoms in total. The summed E-state index contributed by atoms with van der Waals surface area (Å²) in [6.45, 7) is 0.199. The zero-order valence-corrected chi connectivity index (χ0v) is 12.3. The molecule has 1 aliphatic heterocycles. The summed E-state index contributed by atoms with van der Waals surface area (Å²) in [6.07, 6.45) is 0.847. The largest absolute Gasteiger partial charge is 0.495 e. The van der Waals surface area contributed by atoms with Crippen molar-refractivity contribution in [2.45, 2.75) is 23.8 Å². The first-order chi connectivity index (χ1) is 9.37. The summed E-state index contributed by atoms with van der Waals surface area (Å²) in [4.78, 5) is 11.1. The monoisotopic (exact) mass is 319 g/mol. The molecule has 0 aliphatic carbocycles. The highest BCUT2D eigenvalue weighted by Gasteiger charge is 2.39. The third-order valence-electron chi connectivity index (χ3n) is 3.22. The minimum absolute atomic E-state index is 0.0214. The molecule has 0 bridgehead atoms. The van der Waals surface area contributed by atoms with Crippen LogP contribution in [0.25, 0.3) is 0 Å². The average Bonchev–Trinajstić information content (AvgIpc) is 2.89. The number of nitrogens with zero attached hydrogens (tertiary/aromatic N) is 1. The number of hydrogen-bond acceptors (Lipinski definition) is 4. The summed E-state index contributed by atoms with van der Waals surface area (Å²) in [5.41, 5.74) is 0. The number of carbonyl (C=O) groups is 1. The topological polar surface area (TPSA) is 83.9 Å². The number of benzene rings is 1. The standard InChI is InChI=1S/C12H14ClNO5S/c1-19-11-7-8(4-5-9(11)13)20(17,18)14-6-2-3-10(14)12(15)16/h4-5,7,10H,2-3,6H2,1H3,(H,15,16)/t10-/m0/s1. The van der Waals surface area contributed by atoms with Crippen LogP contribution in [-0.4, -0.2) is 43.5 Å². The van der Waals surface area contributed by atoms with E-state index >= 15 is 0 Å². The van der Waals surface area contributed by atoms with Gasteiger partial charge in [-0.25, -0.2) is 8.42 Å². The van der Waals surface area contributed by atoms with E-state index < -0.39 is 22.0 Å². The zero-order valence-electron chi connectivity index (χ0n) is 10.7. The lowest BCUT2D eigenvalue weighted by Crippen LogP contribution is -2.40. The third-order valence-corrected chi connectivity index (χ3v) is 5.43. The van der Waals surface area contributed by atoms with E-state index in [4.69, 9.17) is 21.4 Å². The number of ether oxygens (including phenoxy) is 1. The fourth-order valence-corrected chi connectivity index (χ4v) is 4.07. The van der Waals surface area contributed by atoms with Gasteiger partial charge in [-0.2, -0.15) is 4.31 Å². The van der Waals surface area contributed by atoms with Gasteiger partial charge in [0.15, 0.2) is 0 Å². The first-order valence-electron chi connectivity index (χ1n) is 5.96. The van der Waals surface area contributed by atoms with Crippen LogP contribution in [0, 0.1) is 0 Å². The van der Waals surface area contributed by atoms with E-state index in [1.807, 2.05) is 0 Å². The van der Waals surface area contributed by atoms with Crippen LogP contribution in [0.15, 0.2) is 23.1 Å². The molecule has 1 aromatic carbocycles. The van der Waals surface area contributed by atoms with E-state index in [9.17, 15) is 13.2 Å². The molecule has 0 aromatic heterocycles. The number of carboxylic acids is 1. The van der Waals surface area contributed by atoms with Gasteiger partial charge in [0.25, 0.3) is 0 Å². The first kappa shape index (κ1) is 15.1. The Bertz CT molecular complexity index is 631. The molecular formula is C12H14ClNO5S. The second kappa shape index (κ2) is 5.59. The van der Waals surface area contributed by atoms with Gasteiger partial charge < -0.3 is 9.84 Å². The lowest BCUT2D eigenvalue weighted by Gasteiger charge is -2.21. The van der Waals surface area contributed by atoms with Crippen LogP contribution in [0.5, 0.6) is 5.75 Å². The van der Waals surface area contributed by atoms with Crippen LogP contribution in [0.2, 0.25) is 5.02 Å². The quantitative estimate of drug-likeness (QED) is 0.911. The maximum atomic E-state index is 12.5. The highest BCUT2D eigenvalue weighted by Crippen LogP contribution is 2.31. The number of sulfonamides is 1. The number of halogens is 1. The fraction of sp³-hybridized carbons (Fsp3) is 0.417. The molecule has 1 aliphatic rings. The van der Waals surface area contributed by atoms with Gasteiger partial charge in [-0.3, -0.25) is 4.79 Å². The molecule has 1 N–H and O–H groups in total. The highest BCUT2D eigenvalue weighted by atomic mass is 35.5. The lowest BCUT2D eigenvalue weighted by molar-refractivity contribution is -0.140. The number of aliphatic carboxylic acids is 1. The molecule has 0 spiro atoms. The Hall–Kier alpha value is -1.31. The SMILES string of the molecule is COc1cc(S(=O)(=O)N2CCC[C@H]2C(=O)O)ccc1Cl. The number of rotatable bonds is 4. The molecule has 0 radical (unpaired) electrons. The van der Waals surface area contributed by atoms with Crippen LogP contribution >= 0.6 is 11.6 Å². The summed E-state index contributed by atoms with van der Waals surface area (Å²) in [5, 5.41) is 9.38. The van der Waals surface area contributed by atoms with Gasteiger partial charge in [0.2, 0.25) is 10.0 Å². The van der Waals surface area contributed by atoms with E-state index in [0.29, 0.717) is 17.9 Å². The van der Waals surface area contributed by atoms with E-state index in [-0.39, 0.29) is 17.2 Å². The molecule has 1 heterocycles. The van der Waals surface area contributed by atoms with Crippen molar-refractivity contribution in [2.24, 2.45) is 0 Å². The maximum Gasteiger partial charge on any atom is 0.322 e. The molecule has 2 rings (SSSR count). The van der Waals surface area contributed by atoms with Gasteiger partial charge in [-0.1, -0.05) is 11.6 Å². The van der Waals surface area contributed by atoms with Crippen LogP contribution in [-0.2, 0) is 14.8 Å². The summed E-state index contributed by atoms with van der Waals surface area (Å²) < 4.78 is 31.0. The van der Waals surface area contributed by atoms with E-state index in [1.165, 1.54) is 25.3 Å². The molecule has 1 saturated heterocycles. The number of methoxy groups -OCH3 is 1. The molecule has 1 aromatic rings. The van der Waals surface area contributed by atoms with Gasteiger partial charge in [-0.15, -0.1) is 0 Å². The first-order valence-corrected chi connectivity index (χ1v) is 7.78. The fourth-order valence-electron chi connectivity index (χ4n) is 2.21. The smallest absolute Gasteiger partial charge is 0.322 e. The zero-order chi connectivity index (χ0) is 14.9. The number of carboxylic acid groups (broad SMARTS) is 1. The van der Waals surface area contributed by atoms with Crippen LogP contribution in [0.1, 0.15) is 12.8 Å². The van der Waals surface area contributed by atoms with Crippen molar-refractivity contribution in [1.29, 1.82) is 0 Å². The lowest BCUT2D eigenvalue weighted by atomic mass is 10.2. The van der Waals surface area contributed by atoms with Gasteiger partial charge in [-0.05, 0) is 25.0 Å². The van der Waals surface area contributed by atoms with Gasteiger partial charge in [0.1, 0.15) is 11.8 Å². The predicted octanol–water partition coefficient (Wildman–Crippen LogP) is 1.59. The van der Waals surface area contributed by atoms with Crippen LogP contribution < -0.4 is 4.74 Å². The molecule has 8 heteroatoms. The molecule has 20 heavy (non-hydrogen) atoms. The predicted molar refractivity (Wildman–Crippen MR) is 72.6 cm³/mol. The molecular weight excluding hydrogens is 306 g/mol. The normalized spacial score (nSPS) is 20.0. The van der Waals surface area contributed by atoms with Crippen molar-refractivity contribution >= 4 is 27.6 Å². The maximum absolute atomic E-state index is 12.5. The summed E-state index contributed by atoms with van der Waals surface area (Å²) >= 11 is 5.86. The Kier molecular flexibility index (Phi) is 4.22. The van der Waals surface area contributed by atoms with Crippen molar-refractivity contribution in [3.8, 4) is 5.75 Å². The van der Waals surface area contributed by atoms with Gasteiger partial charge >= 0.3 is 5.97 Å². The van der Waals surface area contributed by atoms with E-state index in [0.717, 1.165) is 4.31 Å². The second-order valence-electron chi connectivity index (χ2n) is 4.41. The third kappa shape index (κ3) is 2.61. The summed E-state index contributed by atoms with van der Waals surface area (Å²) in [5.74, 6) is -0.897. The van der Waals surface area contributed by atoms with Crippen LogP contribution in [0.3, 0.4) is 0 Å². The highest BCUT2D eigenvalue weighted by molar-refractivity contribution is 7.89. The van der Waals surface area contributed by atoms with Gasteiger partial charge in [0.05, 0.1) is 17.0 Å². The van der Waals surface area contributed by atoms with E-state index in [2.05, 4.69) is 0 Å². The molecule has 110 valence electrons. The van der Waals surface area contributed by atoms with E-state index in [1.54, 1.807) is 0 Å². The Balaban J connectivity index is 2.42. The minimum atomic E-state index is -3.87. The molecule has 1 atom stereocenters. The Labute approximate surface area is 122 Å². The van der Waals surface area contributed by atoms with Crippen LogP contribution in [0.4, 0.5) is 0 Å². The average molecular weight is 320 g/mol. The van der Waals surface area contributed by atoms with Crippen molar-refractivity contribution < 1.29 is 23.1 Å². The number of hydrogen-bond donors (Lipinski definition) is 1. The summed E-state index contributed by atoms with van der Waals surface area (Å²) in [6, 6.07) is 3.05. The Morgan fingerprint density at radius 2 is 2.20 bits per heavy atom. The molecule has 0 saturated carbocycles. The van der Waals surface area contributed by atoms with Crippen molar-refractivity contribution in [1.82, 2.24) is 4.31 Å². The van der Waals surface area contributed by atoms with Crippen molar-refractivity contribution in [3.63, 3.8) is 0 Å². The van der Waals surface area contributed by atoms with Gasteiger partial charge in [0, 0.05) is 12.6 Å². The molecule has 0 amide bonds. The van der Waals surface area contributed by atoms with Crippen molar-refractivity contribution in [3.05, 3.63) is 23.2 Å². The molecule has 0 unspecified atom stereocenters. The Morgan fingerprint density at radius 1 is 1.50 bits per heavy atom. The van der Waals surface area contributed by atoms with Crippen molar-refractivity contribution in [2.75, 3.05) is 13.7 Å². The Morgan fingerprint density at radius 3 is 2.80 bits per heavy atom. The summed E-state index contributed by atoms with van der Waals surface area (Å²) in [7, 11) is -2.49. The minimum Gasteiger partial charge on any atom is -0.495 e. The second-order valence-corrected chi connectivity index (χ2v) is 6.71. The molecule has 1 fully saturated rings.